The molecule has 2 amide bonds. The number of urea groups is 1. The molecule has 0 aromatic carbocycles. The number of amides is 2. The first-order valence-corrected chi connectivity index (χ1v) is 11.6. The molecule has 1 fully saturated rings. The van der Waals surface area contributed by atoms with Gasteiger partial charge in [0.2, 0.25) is 0 Å². The van der Waals surface area contributed by atoms with Gasteiger partial charge in [0, 0.05) is 25.4 Å². The number of halogens is 4. The average Bonchev–Trinajstić information content (AvgIpc) is 3.45. The Bertz CT molecular complexity index is 1160. The van der Waals surface area contributed by atoms with Gasteiger partial charge in [-0.25, -0.2) is 27.3 Å². The normalized spacial score (nSPS) is 14.7. The molecule has 0 aliphatic heterocycles. The molecule has 1 aliphatic rings. The number of nitrogens with one attached hydrogen (secondary N) is 2. The summed E-state index contributed by atoms with van der Waals surface area (Å²) in [5.41, 5.74) is -0.563. The Morgan fingerprint density at radius 2 is 2.06 bits per heavy atom. The summed E-state index contributed by atoms with van der Waals surface area (Å²) < 4.78 is 79.9. The monoisotopic (exact) mass is 493 g/mol. The van der Waals surface area contributed by atoms with E-state index in [9.17, 15) is 30.8 Å². The van der Waals surface area contributed by atoms with Gasteiger partial charge in [-0.05, 0) is 49.6 Å². The summed E-state index contributed by atoms with van der Waals surface area (Å²) in [6, 6.07) is -0.516. The van der Waals surface area contributed by atoms with Crippen LogP contribution in [0.15, 0.2) is 27.7 Å². The molecule has 0 spiro atoms. The highest BCUT2D eigenvalue weighted by Crippen LogP contribution is 2.35. The van der Waals surface area contributed by atoms with Crippen molar-refractivity contribution in [1.82, 2.24) is 24.8 Å². The van der Waals surface area contributed by atoms with Crippen LogP contribution in [0.2, 0.25) is 0 Å². The van der Waals surface area contributed by atoms with Gasteiger partial charge in [-0.1, -0.05) is 0 Å². The number of pyridine rings is 1. The highest BCUT2D eigenvalue weighted by Gasteiger charge is 2.32. The first-order valence-electron chi connectivity index (χ1n) is 9.28. The molecule has 1 aliphatic carbocycles. The van der Waals surface area contributed by atoms with Crippen LogP contribution < -0.4 is 10.0 Å². The van der Waals surface area contributed by atoms with Gasteiger partial charge in [0.05, 0.1) is 16.7 Å². The van der Waals surface area contributed by atoms with Gasteiger partial charge in [-0.15, -0.1) is 0 Å². The van der Waals surface area contributed by atoms with Gasteiger partial charge < -0.3 is 5.32 Å². The Hall–Kier alpha value is -2.61. The minimum absolute atomic E-state index is 0.248. The fourth-order valence-corrected chi connectivity index (χ4v) is 4.29. The van der Waals surface area contributed by atoms with Crippen LogP contribution in [0.4, 0.5) is 22.4 Å². The largest absolute Gasteiger partial charge is 0.417 e. The zero-order valence-corrected chi connectivity index (χ0v) is 18.5. The second-order valence-corrected chi connectivity index (χ2v) is 9.69. The molecule has 14 heteroatoms. The van der Waals surface area contributed by atoms with Crippen molar-refractivity contribution in [2.75, 3.05) is 6.54 Å². The third-order valence-electron chi connectivity index (χ3n) is 4.44. The van der Waals surface area contributed by atoms with Crippen molar-refractivity contribution >= 4 is 33.9 Å². The van der Waals surface area contributed by atoms with Crippen LogP contribution in [0.5, 0.6) is 0 Å². The van der Waals surface area contributed by atoms with E-state index in [1.807, 2.05) is 4.72 Å². The lowest BCUT2D eigenvalue weighted by Crippen LogP contribution is -2.39. The summed E-state index contributed by atoms with van der Waals surface area (Å²) in [6.45, 7) is 1.96. The number of carbonyl (C=O) groups is 1. The molecular weight excluding hydrogens is 474 g/mol. The van der Waals surface area contributed by atoms with Crippen molar-refractivity contribution in [3.8, 4) is 0 Å². The molecule has 3 rings (SSSR count). The van der Waals surface area contributed by atoms with Crippen molar-refractivity contribution < 1.29 is 30.8 Å². The number of aromatic nitrogens is 3. The van der Waals surface area contributed by atoms with Crippen LogP contribution >= 0.6 is 11.8 Å². The van der Waals surface area contributed by atoms with E-state index in [0.717, 1.165) is 18.2 Å². The lowest BCUT2D eigenvalue weighted by molar-refractivity contribution is -0.138. The Kier molecular flexibility index (Phi) is 6.83. The minimum atomic E-state index is -4.74. The topological polar surface area (TPSA) is 106 Å². The molecule has 0 saturated heterocycles. The predicted octanol–water partition coefficient (Wildman–Crippen LogP) is 3.44. The lowest BCUT2D eigenvalue weighted by atomic mass is 10.3. The number of alkyl halides is 3. The zero-order chi connectivity index (χ0) is 23.7. The smallest absolute Gasteiger partial charge is 0.337 e. The molecule has 1 saturated carbocycles. The number of hydrogen-bond donors (Lipinski definition) is 2. The first kappa shape index (κ1) is 24.0. The molecule has 0 unspecified atom stereocenters. The van der Waals surface area contributed by atoms with Gasteiger partial charge in [0.25, 0.3) is 10.0 Å². The first-order chi connectivity index (χ1) is 14.9. The maximum atomic E-state index is 14.2. The van der Waals surface area contributed by atoms with Crippen LogP contribution in [0.3, 0.4) is 0 Å². The summed E-state index contributed by atoms with van der Waals surface area (Å²) in [4.78, 5) is 15.3. The molecule has 2 N–H and O–H groups in total. The van der Waals surface area contributed by atoms with Crippen LogP contribution in [0.25, 0.3) is 6.08 Å². The van der Waals surface area contributed by atoms with E-state index in [0.29, 0.717) is 42.2 Å². The van der Waals surface area contributed by atoms with Crippen molar-refractivity contribution in [2.24, 2.45) is 13.0 Å². The van der Waals surface area contributed by atoms with Crippen molar-refractivity contribution in [2.45, 2.75) is 36.0 Å². The summed E-state index contributed by atoms with van der Waals surface area (Å²) in [7, 11) is -2.63. The fraction of sp³-hybridized carbons (Fsp3) is 0.389. The molecule has 2 aromatic rings. The second-order valence-electron chi connectivity index (χ2n) is 7.14. The number of rotatable bonds is 7. The Morgan fingerprint density at radius 3 is 2.66 bits per heavy atom. The molecular formula is C18H19F4N5O3S2. The molecule has 2 heterocycles. The number of sulfonamides is 1. The summed E-state index contributed by atoms with van der Waals surface area (Å²) >= 11 is 0.692. The van der Waals surface area contributed by atoms with Gasteiger partial charge >= 0.3 is 12.2 Å². The standard InChI is InChI=1S/C18H19F4N5O3S2/c1-10-13(5-6-32(29,30)26-17(28)24-8-11-3-4-11)16(27(2)25-10)31-15-14(19)7-12(9-23-15)18(20,21)22/h5-7,9,11H,3-4,8H2,1-2H3,(H2,24,26,28)/b6-5+. The van der Waals surface area contributed by atoms with Crippen molar-refractivity contribution in [3.63, 3.8) is 0 Å². The Balaban J connectivity index is 1.78. The summed E-state index contributed by atoms with van der Waals surface area (Å²) in [5.74, 6) is -0.809. The third-order valence-corrected chi connectivity index (χ3v) is 6.57. The molecule has 0 bridgehead atoms. The zero-order valence-electron chi connectivity index (χ0n) is 16.9. The molecule has 8 nitrogen and oxygen atoms in total. The van der Waals surface area contributed by atoms with E-state index in [2.05, 4.69) is 15.4 Å². The highest BCUT2D eigenvalue weighted by molar-refractivity contribution is 7.99. The second kappa shape index (κ2) is 9.10. The van der Waals surface area contributed by atoms with E-state index < -0.39 is 33.6 Å². The molecule has 2 aromatic heterocycles. The van der Waals surface area contributed by atoms with Gasteiger partial charge in [0.1, 0.15) is 10.1 Å². The number of aryl methyl sites for hydroxylation is 2. The number of hydrogen-bond acceptors (Lipinski definition) is 6. The van der Waals surface area contributed by atoms with E-state index in [4.69, 9.17) is 0 Å². The van der Waals surface area contributed by atoms with Crippen molar-refractivity contribution in [1.29, 1.82) is 0 Å². The van der Waals surface area contributed by atoms with E-state index >= 15 is 0 Å². The molecule has 174 valence electrons. The molecule has 0 atom stereocenters. The van der Waals surface area contributed by atoms with Crippen LogP contribution in [0.1, 0.15) is 29.7 Å². The Labute approximate surface area is 185 Å². The lowest BCUT2D eigenvalue weighted by Gasteiger charge is -2.09. The maximum absolute atomic E-state index is 14.2. The molecule has 32 heavy (non-hydrogen) atoms. The third kappa shape index (κ3) is 6.22. The number of nitrogens with zero attached hydrogens (tertiary/aromatic N) is 3. The molecule has 0 radical (unpaired) electrons. The van der Waals surface area contributed by atoms with Crippen LogP contribution in [0, 0.1) is 18.7 Å². The highest BCUT2D eigenvalue weighted by atomic mass is 32.2. The summed E-state index contributed by atoms with van der Waals surface area (Å²) in [6.07, 6.45) is -1.08. The quantitative estimate of drug-likeness (QED) is 0.573. The summed E-state index contributed by atoms with van der Waals surface area (Å²) in [5, 5.41) is 7.27. The van der Waals surface area contributed by atoms with Gasteiger partial charge in [-0.2, -0.15) is 18.3 Å². The van der Waals surface area contributed by atoms with E-state index in [-0.39, 0.29) is 15.6 Å². The number of carbonyl (C=O) groups excluding carboxylic acids is 1. The predicted molar refractivity (Wildman–Crippen MR) is 108 cm³/mol. The van der Waals surface area contributed by atoms with Gasteiger partial charge in [0.15, 0.2) is 5.82 Å². The van der Waals surface area contributed by atoms with E-state index in [1.165, 1.54) is 17.8 Å². The van der Waals surface area contributed by atoms with E-state index in [1.54, 1.807) is 6.92 Å². The average molecular weight is 494 g/mol. The maximum Gasteiger partial charge on any atom is 0.417 e. The van der Waals surface area contributed by atoms with Gasteiger partial charge in [-0.3, -0.25) is 4.68 Å². The van der Waals surface area contributed by atoms with Crippen LogP contribution in [-0.2, 0) is 23.2 Å². The van der Waals surface area contributed by atoms with Crippen molar-refractivity contribution in [3.05, 3.63) is 40.3 Å². The fourth-order valence-electron chi connectivity index (χ4n) is 2.63. The van der Waals surface area contributed by atoms with Crippen LogP contribution in [-0.4, -0.2) is 35.8 Å². The minimum Gasteiger partial charge on any atom is -0.337 e. The SMILES string of the molecule is Cc1nn(C)c(Sc2ncc(C(F)(F)F)cc2F)c1/C=C/S(=O)(=O)NC(=O)NCC1CC1. The Morgan fingerprint density at radius 1 is 1.38 bits per heavy atom.